The largest absolute Gasteiger partial charge is 0.491 e. The van der Waals surface area contributed by atoms with Crippen molar-refractivity contribution in [1.29, 1.82) is 0 Å². The van der Waals surface area contributed by atoms with Gasteiger partial charge in [-0.25, -0.2) is 4.79 Å². The van der Waals surface area contributed by atoms with Gasteiger partial charge in [0.25, 0.3) is 0 Å². The van der Waals surface area contributed by atoms with Crippen molar-refractivity contribution in [3.8, 4) is 5.75 Å². The molecule has 0 aliphatic rings. The number of carboxylic acids is 1. The zero-order valence-electron chi connectivity index (χ0n) is 11.3. The highest BCUT2D eigenvalue weighted by Gasteiger charge is 2.42. The van der Waals surface area contributed by atoms with Crippen molar-refractivity contribution in [2.24, 2.45) is 0 Å². The van der Waals surface area contributed by atoms with Crippen molar-refractivity contribution in [3.63, 3.8) is 0 Å². The number of hydrogen-bond acceptors (Lipinski definition) is 3. The molecule has 0 saturated heterocycles. The summed E-state index contributed by atoms with van der Waals surface area (Å²) in [7, 11) is 1.04. The molecule has 0 fully saturated rings. The topological polar surface area (TPSA) is 66.8 Å². The third-order valence-electron chi connectivity index (χ3n) is 2.82. The molecule has 0 spiro atoms. The Morgan fingerprint density at radius 1 is 1.29 bits per heavy atom. The van der Waals surface area contributed by atoms with Crippen LogP contribution in [0.4, 0.5) is 13.2 Å². The number of aromatic carboxylic acids is 1. The monoisotopic (exact) mass is 305 g/mol. The lowest BCUT2D eigenvalue weighted by Gasteiger charge is -2.25. The number of alkyl halides is 3. The van der Waals surface area contributed by atoms with Crippen LogP contribution < -0.4 is 4.74 Å². The fourth-order valence-corrected chi connectivity index (χ4v) is 1.42. The maximum atomic E-state index is 12.3. The van der Waals surface area contributed by atoms with E-state index in [-0.39, 0.29) is 12.2 Å². The molecule has 1 atom stereocenters. The summed E-state index contributed by atoms with van der Waals surface area (Å²) in [6, 6.07) is 4.61. The lowest BCUT2D eigenvalue weighted by Crippen LogP contribution is -2.45. The van der Waals surface area contributed by atoms with Crippen LogP contribution in [0.5, 0.6) is 5.75 Å². The van der Waals surface area contributed by atoms with Crippen molar-refractivity contribution >= 4 is 11.9 Å². The van der Waals surface area contributed by atoms with E-state index in [0.29, 0.717) is 10.6 Å². The number of rotatable bonds is 5. The van der Waals surface area contributed by atoms with E-state index in [9.17, 15) is 22.8 Å². The quantitative estimate of drug-likeness (QED) is 0.905. The van der Waals surface area contributed by atoms with Crippen LogP contribution in [0.3, 0.4) is 0 Å². The van der Waals surface area contributed by atoms with Gasteiger partial charge in [-0.3, -0.25) is 4.79 Å². The van der Waals surface area contributed by atoms with E-state index < -0.39 is 24.1 Å². The number of hydrogen-bond donors (Lipinski definition) is 1. The normalized spacial score (nSPS) is 12.6. The summed E-state index contributed by atoms with van der Waals surface area (Å²) in [6.45, 7) is 1.26. The summed E-state index contributed by atoms with van der Waals surface area (Å²) < 4.78 is 42.0. The first-order chi connectivity index (χ1) is 9.62. The Morgan fingerprint density at radius 3 is 2.24 bits per heavy atom. The van der Waals surface area contributed by atoms with Crippen LogP contribution in [-0.4, -0.2) is 47.8 Å². The Bertz CT molecular complexity index is 513. The first-order valence-corrected chi connectivity index (χ1v) is 5.93. The number of likely N-dealkylation sites (N-methyl/N-ethyl adjacent to an activating group) is 1. The van der Waals surface area contributed by atoms with Crippen molar-refractivity contribution in [2.75, 3.05) is 13.7 Å². The van der Waals surface area contributed by atoms with Gasteiger partial charge >= 0.3 is 18.1 Å². The van der Waals surface area contributed by atoms with E-state index in [4.69, 9.17) is 9.84 Å². The molecule has 0 aliphatic heterocycles. The maximum Gasteiger partial charge on any atom is 0.471 e. The molecule has 0 aromatic heterocycles. The molecule has 8 heteroatoms. The van der Waals surface area contributed by atoms with Gasteiger partial charge in [0.2, 0.25) is 0 Å². The van der Waals surface area contributed by atoms with Crippen LogP contribution in [0.15, 0.2) is 24.3 Å². The molecule has 5 nitrogen and oxygen atoms in total. The lowest BCUT2D eigenvalue weighted by molar-refractivity contribution is -0.186. The van der Waals surface area contributed by atoms with Crippen molar-refractivity contribution < 1.29 is 32.6 Å². The van der Waals surface area contributed by atoms with Crippen LogP contribution in [0.25, 0.3) is 0 Å². The van der Waals surface area contributed by atoms with E-state index in [2.05, 4.69) is 0 Å². The van der Waals surface area contributed by atoms with Crippen LogP contribution in [-0.2, 0) is 4.79 Å². The van der Waals surface area contributed by atoms with E-state index in [0.717, 1.165) is 7.05 Å². The first kappa shape index (κ1) is 16.8. The molecule has 1 amide bonds. The number of carbonyl (C=O) groups excluding carboxylic acids is 1. The van der Waals surface area contributed by atoms with Gasteiger partial charge < -0.3 is 14.7 Å². The standard InChI is InChI=1S/C13H14F3NO4/c1-8(17(2)12(20)13(14,15)16)7-21-10-5-3-9(4-6-10)11(18)19/h3-6,8H,7H2,1-2H3,(H,18,19)/t8-/m0/s1. The molecule has 0 heterocycles. The van der Waals surface area contributed by atoms with Gasteiger partial charge in [0.15, 0.2) is 0 Å². The summed E-state index contributed by atoms with van der Waals surface area (Å²) >= 11 is 0. The summed E-state index contributed by atoms with van der Waals surface area (Å²) in [5, 5.41) is 8.71. The predicted octanol–water partition coefficient (Wildman–Crippen LogP) is 2.17. The zero-order valence-corrected chi connectivity index (χ0v) is 11.3. The molecule has 0 unspecified atom stereocenters. The molecule has 1 rings (SSSR count). The fraction of sp³-hybridized carbons (Fsp3) is 0.385. The smallest absolute Gasteiger partial charge is 0.471 e. The molecular formula is C13H14F3NO4. The highest BCUT2D eigenvalue weighted by molar-refractivity contribution is 5.87. The molecule has 0 aliphatic carbocycles. The predicted molar refractivity (Wildman–Crippen MR) is 67.2 cm³/mol. The molecular weight excluding hydrogens is 291 g/mol. The van der Waals surface area contributed by atoms with E-state index in [1.807, 2.05) is 0 Å². The Hall–Kier alpha value is -2.25. The highest BCUT2D eigenvalue weighted by Crippen LogP contribution is 2.19. The molecule has 0 bridgehead atoms. The number of nitrogens with zero attached hydrogens (tertiary/aromatic N) is 1. The summed E-state index contributed by atoms with van der Waals surface area (Å²) in [6.07, 6.45) is -4.92. The minimum Gasteiger partial charge on any atom is -0.491 e. The molecule has 1 N–H and O–H groups in total. The summed E-state index contributed by atoms with van der Waals surface area (Å²) in [4.78, 5) is 22.2. The maximum absolute atomic E-state index is 12.3. The van der Waals surface area contributed by atoms with Gasteiger partial charge in [-0.2, -0.15) is 13.2 Å². The number of halogens is 3. The highest BCUT2D eigenvalue weighted by atomic mass is 19.4. The van der Waals surface area contributed by atoms with Crippen LogP contribution >= 0.6 is 0 Å². The first-order valence-electron chi connectivity index (χ1n) is 5.93. The second kappa shape index (κ2) is 6.47. The number of benzene rings is 1. The van der Waals surface area contributed by atoms with Gasteiger partial charge in [0.05, 0.1) is 11.6 Å². The third-order valence-corrected chi connectivity index (χ3v) is 2.82. The average molecular weight is 305 g/mol. The Morgan fingerprint density at radius 2 is 1.81 bits per heavy atom. The number of carboxylic acid groups (broad SMARTS) is 1. The van der Waals surface area contributed by atoms with Gasteiger partial charge in [0, 0.05) is 7.05 Å². The second-order valence-corrected chi connectivity index (χ2v) is 4.40. The van der Waals surface area contributed by atoms with E-state index >= 15 is 0 Å². The minimum absolute atomic E-state index is 0.0692. The van der Waals surface area contributed by atoms with Gasteiger partial charge in [-0.15, -0.1) is 0 Å². The SMILES string of the molecule is C[C@@H](COc1ccc(C(=O)O)cc1)N(C)C(=O)C(F)(F)F. The van der Waals surface area contributed by atoms with Crippen molar-refractivity contribution in [2.45, 2.75) is 19.1 Å². The van der Waals surface area contributed by atoms with Gasteiger partial charge in [0.1, 0.15) is 12.4 Å². The fourth-order valence-electron chi connectivity index (χ4n) is 1.42. The van der Waals surface area contributed by atoms with Crippen molar-refractivity contribution in [1.82, 2.24) is 4.90 Å². The van der Waals surface area contributed by atoms with Gasteiger partial charge in [-0.05, 0) is 31.2 Å². The summed E-state index contributed by atoms with van der Waals surface area (Å²) in [5.74, 6) is -2.73. The third kappa shape index (κ3) is 4.66. The number of amides is 1. The molecule has 1 aromatic rings. The molecule has 116 valence electrons. The summed E-state index contributed by atoms with van der Waals surface area (Å²) in [5.41, 5.74) is 0.0692. The average Bonchev–Trinajstić information content (AvgIpc) is 2.42. The van der Waals surface area contributed by atoms with E-state index in [1.54, 1.807) is 0 Å². The number of ether oxygens (including phenoxy) is 1. The molecule has 21 heavy (non-hydrogen) atoms. The minimum atomic E-state index is -4.92. The Kier molecular flexibility index (Phi) is 5.17. The van der Waals surface area contributed by atoms with Crippen LogP contribution in [0, 0.1) is 0 Å². The number of carbonyl (C=O) groups is 2. The van der Waals surface area contributed by atoms with Crippen LogP contribution in [0.2, 0.25) is 0 Å². The lowest BCUT2D eigenvalue weighted by atomic mass is 10.2. The van der Waals surface area contributed by atoms with Crippen LogP contribution in [0.1, 0.15) is 17.3 Å². The molecule has 1 aromatic carbocycles. The van der Waals surface area contributed by atoms with Gasteiger partial charge in [-0.1, -0.05) is 0 Å². The molecule has 0 radical (unpaired) electrons. The van der Waals surface area contributed by atoms with Crippen molar-refractivity contribution in [3.05, 3.63) is 29.8 Å². The van der Waals surface area contributed by atoms with E-state index in [1.165, 1.54) is 31.2 Å². The Labute approximate surface area is 118 Å². The second-order valence-electron chi connectivity index (χ2n) is 4.40. The zero-order chi connectivity index (χ0) is 16.2. The Balaban J connectivity index is 2.58. The molecule has 0 saturated carbocycles.